The number of fused-ring (bicyclic) bond motifs is 4. The zero-order valence-corrected chi connectivity index (χ0v) is 21.4. The van der Waals surface area contributed by atoms with Gasteiger partial charge in [-0.25, -0.2) is 0 Å². The highest BCUT2D eigenvalue weighted by Gasteiger charge is 2.59. The van der Waals surface area contributed by atoms with Gasteiger partial charge in [0.2, 0.25) is 0 Å². The van der Waals surface area contributed by atoms with Gasteiger partial charge in [0.1, 0.15) is 0 Å². The predicted molar refractivity (Wildman–Crippen MR) is 136 cm³/mol. The van der Waals surface area contributed by atoms with E-state index in [-0.39, 0.29) is 5.41 Å². The van der Waals surface area contributed by atoms with Gasteiger partial charge in [-0.15, -0.1) is 0 Å². The summed E-state index contributed by atoms with van der Waals surface area (Å²) in [5.41, 5.74) is 6.71. The minimum atomic E-state index is -0.786. The summed E-state index contributed by atoms with van der Waals surface area (Å²) >= 11 is 0. The number of hydrogen-bond donors (Lipinski definition) is 1. The van der Waals surface area contributed by atoms with Crippen molar-refractivity contribution in [2.24, 2.45) is 17.3 Å². The maximum Gasteiger partial charge on any atom is 0.171 e. The normalized spacial score (nSPS) is 39.8. The van der Waals surface area contributed by atoms with Gasteiger partial charge in [-0.2, -0.15) is 0 Å². The Morgan fingerprint density at radius 1 is 1.03 bits per heavy atom. The number of ether oxygens (including phenoxy) is 2. The summed E-state index contributed by atoms with van der Waals surface area (Å²) in [5.74, 6) is 1.07. The summed E-state index contributed by atoms with van der Waals surface area (Å²) in [5, 5.41) is 12.1. The number of benzene rings is 1. The summed E-state index contributed by atoms with van der Waals surface area (Å²) in [7, 11) is 4.20. The van der Waals surface area contributed by atoms with Crippen molar-refractivity contribution in [3.63, 3.8) is 0 Å². The van der Waals surface area contributed by atoms with Gasteiger partial charge < -0.3 is 19.5 Å². The van der Waals surface area contributed by atoms with Crippen molar-refractivity contribution in [3.8, 4) is 0 Å². The van der Waals surface area contributed by atoms with Gasteiger partial charge in [-0.05, 0) is 86.0 Å². The van der Waals surface area contributed by atoms with Gasteiger partial charge in [0.25, 0.3) is 0 Å². The molecule has 0 radical (unpaired) electrons. The minimum Gasteiger partial charge on any atom is -0.385 e. The van der Waals surface area contributed by atoms with E-state index in [0.717, 1.165) is 32.1 Å². The SMILES string of the molecule is CC=C1CC[C@H]2[C@@H]3CC[C@@]4(O)CC5(CCC4=C3[C@H](c3ccc(N(C)C)cc3)C[C@]12C)OCCO5. The van der Waals surface area contributed by atoms with Crippen LogP contribution in [0.3, 0.4) is 0 Å². The Labute approximate surface area is 205 Å². The van der Waals surface area contributed by atoms with Crippen molar-refractivity contribution >= 4 is 5.69 Å². The zero-order chi connectivity index (χ0) is 23.7. The first-order chi connectivity index (χ1) is 16.3. The smallest absolute Gasteiger partial charge is 0.171 e. The van der Waals surface area contributed by atoms with Crippen LogP contribution in [-0.2, 0) is 9.47 Å². The van der Waals surface area contributed by atoms with E-state index >= 15 is 0 Å². The molecule has 0 unspecified atom stereocenters. The molecule has 4 fully saturated rings. The first-order valence-corrected chi connectivity index (χ1v) is 13.5. The van der Waals surface area contributed by atoms with Crippen molar-refractivity contribution in [2.45, 2.75) is 82.5 Å². The predicted octanol–water partition coefficient (Wildman–Crippen LogP) is 5.97. The van der Waals surface area contributed by atoms with Crippen LogP contribution in [0.2, 0.25) is 0 Å². The minimum absolute atomic E-state index is 0.261. The fourth-order valence-corrected chi connectivity index (χ4v) is 8.64. The third-order valence-electron chi connectivity index (χ3n) is 10.2. The van der Waals surface area contributed by atoms with Gasteiger partial charge in [-0.3, -0.25) is 0 Å². The number of aliphatic hydroxyl groups is 1. The van der Waals surface area contributed by atoms with E-state index in [1.54, 1.807) is 11.1 Å². The molecular weight excluding hydrogens is 422 g/mol. The van der Waals surface area contributed by atoms with Crippen molar-refractivity contribution in [1.29, 1.82) is 0 Å². The third-order valence-corrected chi connectivity index (χ3v) is 10.2. The molecular formula is C30H41NO3. The molecule has 34 heavy (non-hydrogen) atoms. The second-order valence-electron chi connectivity index (χ2n) is 12.0. The van der Waals surface area contributed by atoms with Crippen LogP contribution >= 0.6 is 0 Å². The molecule has 1 N–H and O–H groups in total. The molecule has 1 spiro atoms. The standard InChI is InChI=1S/C30H41NO3/c1-5-21-8-11-25-23-12-14-29(32)19-30(33-16-17-34-30)15-13-26(29)27(23)24(18-28(21,25)2)20-6-9-22(10-7-20)31(3)4/h5-7,9-10,23-25,32H,8,11-19H2,1-4H3/t23-,24-,25-,28+,29+/m0/s1. The molecule has 4 aliphatic carbocycles. The van der Waals surface area contributed by atoms with Crippen LogP contribution in [0.5, 0.6) is 0 Å². The second kappa shape index (κ2) is 7.94. The molecule has 5 aliphatic rings. The van der Waals surface area contributed by atoms with E-state index in [2.05, 4.69) is 63.2 Å². The molecule has 1 aliphatic heterocycles. The average molecular weight is 464 g/mol. The largest absolute Gasteiger partial charge is 0.385 e. The summed E-state index contributed by atoms with van der Waals surface area (Å²) < 4.78 is 12.2. The molecule has 4 heteroatoms. The number of rotatable bonds is 2. The fourth-order valence-electron chi connectivity index (χ4n) is 8.64. The summed E-state index contributed by atoms with van der Waals surface area (Å²) in [6.07, 6.45) is 10.4. The van der Waals surface area contributed by atoms with Crippen LogP contribution in [0.1, 0.15) is 76.7 Å². The van der Waals surface area contributed by atoms with Crippen LogP contribution in [0.15, 0.2) is 47.1 Å². The number of anilines is 1. The lowest BCUT2D eigenvalue weighted by molar-refractivity contribution is -0.208. The molecule has 0 aromatic heterocycles. The monoisotopic (exact) mass is 463 g/mol. The van der Waals surface area contributed by atoms with E-state index in [9.17, 15) is 5.11 Å². The lowest BCUT2D eigenvalue weighted by Crippen LogP contribution is -2.53. The molecule has 184 valence electrons. The molecule has 1 heterocycles. The van der Waals surface area contributed by atoms with Crippen molar-refractivity contribution < 1.29 is 14.6 Å². The van der Waals surface area contributed by atoms with E-state index in [4.69, 9.17) is 9.47 Å². The van der Waals surface area contributed by atoms with Crippen LogP contribution < -0.4 is 4.90 Å². The van der Waals surface area contributed by atoms with Gasteiger partial charge in [0.05, 0.1) is 18.8 Å². The topological polar surface area (TPSA) is 41.9 Å². The van der Waals surface area contributed by atoms with E-state index < -0.39 is 11.4 Å². The first-order valence-electron chi connectivity index (χ1n) is 13.5. The Morgan fingerprint density at radius 3 is 2.44 bits per heavy atom. The maximum atomic E-state index is 12.1. The Hall–Kier alpha value is -1.62. The van der Waals surface area contributed by atoms with Gasteiger partial charge in [-0.1, -0.05) is 36.3 Å². The Morgan fingerprint density at radius 2 is 1.76 bits per heavy atom. The number of hydrogen-bond acceptors (Lipinski definition) is 4. The quantitative estimate of drug-likeness (QED) is 0.549. The highest BCUT2D eigenvalue weighted by Crippen LogP contribution is 2.66. The van der Waals surface area contributed by atoms with Crippen molar-refractivity contribution in [1.82, 2.24) is 0 Å². The average Bonchev–Trinajstić information content (AvgIpc) is 3.41. The molecule has 1 saturated heterocycles. The lowest BCUT2D eigenvalue weighted by atomic mass is 9.51. The molecule has 0 amide bonds. The van der Waals surface area contributed by atoms with E-state index in [1.165, 1.54) is 29.7 Å². The lowest BCUT2D eigenvalue weighted by Gasteiger charge is -2.56. The summed E-state index contributed by atoms with van der Waals surface area (Å²) in [4.78, 5) is 2.17. The van der Waals surface area contributed by atoms with Gasteiger partial charge in [0.15, 0.2) is 5.79 Å². The molecule has 0 bridgehead atoms. The van der Waals surface area contributed by atoms with Crippen molar-refractivity contribution in [2.75, 3.05) is 32.2 Å². The second-order valence-corrected chi connectivity index (χ2v) is 12.0. The van der Waals surface area contributed by atoms with Crippen LogP contribution in [0, 0.1) is 17.3 Å². The molecule has 1 aromatic rings. The van der Waals surface area contributed by atoms with Crippen molar-refractivity contribution in [3.05, 3.63) is 52.6 Å². The fraction of sp³-hybridized carbons (Fsp3) is 0.667. The van der Waals surface area contributed by atoms with Crippen LogP contribution in [0.4, 0.5) is 5.69 Å². The summed E-state index contributed by atoms with van der Waals surface area (Å²) in [6.45, 7) is 6.08. The molecule has 4 nitrogen and oxygen atoms in total. The first kappa shape index (κ1) is 22.8. The Bertz CT molecular complexity index is 1020. The highest BCUT2D eigenvalue weighted by molar-refractivity contribution is 5.50. The third kappa shape index (κ3) is 3.28. The van der Waals surface area contributed by atoms with E-state index in [1.807, 2.05) is 0 Å². The molecule has 6 rings (SSSR count). The summed E-state index contributed by atoms with van der Waals surface area (Å²) in [6, 6.07) is 9.22. The molecule has 1 aromatic carbocycles. The zero-order valence-electron chi connectivity index (χ0n) is 21.4. The van der Waals surface area contributed by atoms with Crippen LogP contribution in [0.25, 0.3) is 0 Å². The number of allylic oxidation sites excluding steroid dienone is 3. The van der Waals surface area contributed by atoms with E-state index in [0.29, 0.717) is 37.4 Å². The Kier molecular flexibility index (Phi) is 5.33. The van der Waals surface area contributed by atoms with Gasteiger partial charge in [0, 0.05) is 38.5 Å². The molecule has 5 atom stereocenters. The van der Waals surface area contributed by atoms with Gasteiger partial charge >= 0.3 is 0 Å². The maximum absolute atomic E-state index is 12.1. The molecule has 3 saturated carbocycles. The highest BCUT2D eigenvalue weighted by atomic mass is 16.7. The van der Waals surface area contributed by atoms with Crippen LogP contribution in [-0.4, -0.2) is 43.8 Å². The number of nitrogens with zero attached hydrogens (tertiary/aromatic N) is 1. The Balaban J connectivity index is 1.47.